The monoisotopic (exact) mass is 590 g/mol. The highest BCUT2D eigenvalue weighted by Gasteiger charge is 2.40. The van der Waals surface area contributed by atoms with Crippen LogP contribution in [-0.4, -0.2) is 21.7 Å². The maximum atomic E-state index is 13.6. The van der Waals surface area contributed by atoms with E-state index in [1.165, 1.54) is 9.80 Å². The van der Waals surface area contributed by atoms with E-state index in [1.54, 1.807) is 30.3 Å². The van der Waals surface area contributed by atoms with Crippen molar-refractivity contribution >= 4 is 46.7 Å². The SMILES string of the molecule is O=C1C(=CCc2ccccc2OCc2ccc(Cl)cc2)N(Cc2ccc(Cl)cc2)C(=O)N1Cc1ccc(Cl)cc1. The van der Waals surface area contributed by atoms with Crippen LogP contribution in [0.1, 0.15) is 22.3 Å². The number of carbonyl (C=O) groups is 2. The predicted octanol–water partition coefficient (Wildman–Crippen LogP) is 8.32. The van der Waals surface area contributed by atoms with Crippen molar-refractivity contribution in [2.75, 3.05) is 0 Å². The van der Waals surface area contributed by atoms with Crippen LogP contribution in [0, 0.1) is 0 Å². The average molecular weight is 592 g/mol. The standard InChI is InChI=1S/C32H25Cl3N2O3/c33-26-12-5-22(6-13-26)19-36-29(31(38)37(32(36)39)20-23-7-14-27(34)15-8-23)18-11-25-3-1-2-4-30(25)40-21-24-9-16-28(35)17-10-24/h1-10,12-18H,11,19-21H2. The van der Waals surface area contributed by atoms with Gasteiger partial charge in [-0.25, -0.2) is 4.79 Å². The molecule has 0 aliphatic carbocycles. The van der Waals surface area contributed by atoms with E-state index in [4.69, 9.17) is 39.5 Å². The van der Waals surface area contributed by atoms with Gasteiger partial charge in [0.1, 0.15) is 18.1 Å². The maximum absolute atomic E-state index is 13.6. The molecule has 4 aromatic rings. The smallest absolute Gasteiger partial charge is 0.332 e. The van der Waals surface area contributed by atoms with Crippen LogP contribution >= 0.6 is 34.8 Å². The highest BCUT2D eigenvalue weighted by Crippen LogP contribution is 2.28. The Labute approximate surface area is 248 Å². The molecule has 5 rings (SSSR count). The first-order chi connectivity index (χ1) is 19.4. The second-order valence-corrected chi connectivity index (χ2v) is 10.6. The molecule has 0 aromatic heterocycles. The number of hydrogen-bond acceptors (Lipinski definition) is 3. The lowest BCUT2D eigenvalue weighted by Gasteiger charge is -2.18. The van der Waals surface area contributed by atoms with Gasteiger partial charge in [0.25, 0.3) is 5.91 Å². The average Bonchev–Trinajstić information content (AvgIpc) is 3.18. The molecule has 202 valence electrons. The van der Waals surface area contributed by atoms with Gasteiger partial charge in [-0.3, -0.25) is 14.6 Å². The fraction of sp³-hybridized carbons (Fsp3) is 0.125. The minimum absolute atomic E-state index is 0.143. The Morgan fingerprint density at radius 3 is 1.70 bits per heavy atom. The van der Waals surface area contributed by atoms with Gasteiger partial charge in [-0.05, 0) is 71.1 Å². The van der Waals surface area contributed by atoms with Crippen LogP contribution in [0.15, 0.2) is 109 Å². The topological polar surface area (TPSA) is 49.9 Å². The Hall–Kier alpha value is -3.77. The lowest BCUT2D eigenvalue weighted by Crippen LogP contribution is -2.32. The molecule has 4 aromatic carbocycles. The lowest BCUT2D eigenvalue weighted by atomic mass is 10.1. The van der Waals surface area contributed by atoms with Crippen LogP contribution in [0.4, 0.5) is 4.79 Å². The number of urea groups is 1. The summed E-state index contributed by atoms with van der Waals surface area (Å²) < 4.78 is 6.10. The van der Waals surface area contributed by atoms with E-state index in [0.717, 1.165) is 22.3 Å². The quantitative estimate of drug-likeness (QED) is 0.145. The first-order valence-electron chi connectivity index (χ1n) is 12.6. The molecule has 3 amide bonds. The van der Waals surface area contributed by atoms with Crippen molar-refractivity contribution in [2.24, 2.45) is 0 Å². The van der Waals surface area contributed by atoms with E-state index in [0.29, 0.717) is 39.5 Å². The minimum Gasteiger partial charge on any atom is -0.489 e. The molecule has 1 fully saturated rings. The zero-order valence-corrected chi connectivity index (χ0v) is 23.7. The molecule has 1 heterocycles. The van der Waals surface area contributed by atoms with Crippen molar-refractivity contribution in [2.45, 2.75) is 26.1 Å². The Balaban J connectivity index is 1.39. The summed E-state index contributed by atoms with van der Waals surface area (Å²) in [5, 5.41) is 1.85. The summed E-state index contributed by atoms with van der Waals surface area (Å²) in [6.07, 6.45) is 2.19. The number of amides is 3. The van der Waals surface area contributed by atoms with Gasteiger partial charge in [-0.1, -0.05) is 95.5 Å². The fourth-order valence-electron chi connectivity index (χ4n) is 4.39. The Kier molecular flexibility index (Phi) is 8.75. The molecule has 0 bridgehead atoms. The Morgan fingerprint density at radius 1 is 0.625 bits per heavy atom. The van der Waals surface area contributed by atoms with Crippen LogP contribution in [0.5, 0.6) is 5.75 Å². The first kappa shape index (κ1) is 27.8. The molecular formula is C32H25Cl3N2O3. The van der Waals surface area contributed by atoms with Crippen molar-refractivity contribution in [1.29, 1.82) is 0 Å². The van der Waals surface area contributed by atoms with Crippen LogP contribution in [0.2, 0.25) is 15.1 Å². The van der Waals surface area contributed by atoms with Crippen molar-refractivity contribution in [3.8, 4) is 5.75 Å². The van der Waals surface area contributed by atoms with Crippen LogP contribution in [0.3, 0.4) is 0 Å². The third-order valence-corrected chi connectivity index (χ3v) is 7.28. The van der Waals surface area contributed by atoms with Gasteiger partial charge >= 0.3 is 6.03 Å². The summed E-state index contributed by atoms with van der Waals surface area (Å²) >= 11 is 18.1. The largest absolute Gasteiger partial charge is 0.489 e. The third-order valence-electron chi connectivity index (χ3n) is 6.52. The summed E-state index contributed by atoms with van der Waals surface area (Å²) in [6, 6.07) is 29.1. The first-order valence-corrected chi connectivity index (χ1v) is 13.8. The summed E-state index contributed by atoms with van der Waals surface area (Å²) in [4.78, 5) is 29.9. The van der Waals surface area contributed by atoms with Crippen LogP contribution in [-0.2, 0) is 30.9 Å². The zero-order chi connectivity index (χ0) is 28.1. The predicted molar refractivity (Wildman–Crippen MR) is 158 cm³/mol. The third kappa shape index (κ3) is 6.68. The van der Waals surface area contributed by atoms with Crippen LogP contribution in [0.25, 0.3) is 0 Å². The fourth-order valence-corrected chi connectivity index (χ4v) is 4.76. The number of carbonyl (C=O) groups excluding carboxylic acids is 2. The normalized spacial score (nSPS) is 14.3. The van der Waals surface area contributed by atoms with Gasteiger partial charge in [0.15, 0.2) is 0 Å². The van der Waals surface area contributed by atoms with Gasteiger partial charge in [0.05, 0.1) is 13.1 Å². The number of nitrogens with zero attached hydrogens (tertiary/aromatic N) is 2. The van der Waals surface area contributed by atoms with E-state index in [-0.39, 0.29) is 25.0 Å². The number of hydrogen-bond donors (Lipinski definition) is 0. The van der Waals surface area contributed by atoms with Gasteiger partial charge in [0.2, 0.25) is 0 Å². The molecule has 0 unspecified atom stereocenters. The molecule has 5 nitrogen and oxygen atoms in total. The van der Waals surface area contributed by atoms with Gasteiger partial charge in [-0.2, -0.15) is 0 Å². The van der Waals surface area contributed by atoms with E-state index in [9.17, 15) is 9.59 Å². The van der Waals surface area contributed by atoms with Gasteiger partial charge in [0, 0.05) is 15.1 Å². The van der Waals surface area contributed by atoms with Crippen molar-refractivity contribution in [3.63, 3.8) is 0 Å². The summed E-state index contributed by atoms with van der Waals surface area (Å²) in [7, 11) is 0. The second kappa shape index (κ2) is 12.6. The van der Waals surface area contributed by atoms with Crippen molar-refractivity contribution in [1.82, 2.24) is 9.80 Å². The molecule has 0 radical (unpaired) electrons. The van der Waals surface area contributed by atoms with Gasteiger partial charge < -0.3 is 4.74 Å². The minimum atomic E-state index is -0.381. The highest BCUT2D eigenvalue weighted by atomic mass is 35.5. The van der Waals surface area contributed by atoms with Gasteiger partial charge in [-0.15, -0.1) is 0 Å². The van der Waals surface area contributed by atoms with E-state index < -0.39 is 0 Å². The molecule has 40 heavy (non-hydrogen) atoms. The number of benzene rings is 4. The molecule has 0 N–H and O–H groups in total. The second-order valence-electron chi connectivity index (χ2n) is 9.33. The highest BCUT2D eigenvalue weighted by molar-refractivity contribution is 6.31. The van der Waals surface area contributed by atoms with Crippen molar-refractivity contribution < 1.29 is 14.3 Å². The molecule has 1 saturated heterocycles. The molecule has 8 heteroatoms. The number of ether oxygens (including phenoxy) is 1. The number of para-hydroxylation sites is 1. The van der Waals surface area contributed by atoms with E-state index in [1.807, 2.05) is 72.8 Å². The molecule has 1 aliphatic heterocycles. The number of rotatable bonds is 9. The summed E-state index contributed by atoms with van der Waals surface area (Å²) in [5.74, 6) is 0.349. The van der Waals surface area contributed by atoms with E-state index >= 15 is 0 Å². The Bertz CT molecular complexity index is 1540. The van der Waals surface area contributed by atoms with E-state index in [2.05, 4.69) is 0 Å². The lowest BCUT2D eigenvalue weighted by molar-refractivity contribution is -0.123. The zero-order valence-electron chi connectivity index (χ0n) is 21.4. The molecule has 0 spiro atoms. The molecule has 0 saturated carbocycles. The maximum Gasteiger partial charge on any atom is 0.332 e. The molecular weight excluding hydrogens is 567 g/mol. The summed E-state index contributed by atoms with van der Waals surface area (Å²) in [6.45, 7) is 0.753. The summed E-state index contributed by atoms with van der Waals surface area (Å²) in [5.41, 5.74) is 3.87. The van der Waals surface area contributed by atoms with Crippen LogP contribution < -0.4 is 4.74 Å². The molecule has 0 atom stereocenters. The number of allylic oxidation sites excluding steroid dienone is 1. The Morgan fingerprint density at radius 2 is 1.12 bits per heavy atom. The number of halogens is 3. The number of imide groups is 1. The van der Waals surface area contributed by atoms with Crippen molar-refractivity contribution in [3.05, 3.63) is 146 Å². The molecule has 1 aliphatic rings.